The second-order valence-corrected chi connectivity index (χ2v) is 6.96. The average Bonchev–Trinajstić information content (AvgIpc) is 2.48. The molecule has 2 aliphatic rings. The summed E-state index contributed by atoms with van der Waals surface area (Å²) in [6.45, 7) is 7.87. The van der Waals surface area contributed by atoms with Gasteiger partial charge in [-0.25, -0.2) is 4.39 Å². The van der Waals surface area contributed by atoms with Crippen molar-refractivity contribution in [2.75, 3.05) is 26.2 Å². The van der Waals surface area contributed by atoms with E-state index in [1.54, 1.807) is 12.1 Å². The van der Waals surface area contributed by atoms with Gasteiger partial charge in [0, 0.05) is 38.6 Å². The van der Waals surface area contributed by atoms with E-state index in [-0.39, 0.29) is 23.9 Å². The molecule has 2 heterocycles. The van der Waals surface area contributed by atoms with Crippen LogP contribution in [-0.4, -0.2) is 54.0 Å². The molecule has 0 spiro atoms. The predicted molar refractivity (Wildman–Crippen MR) is 86.8 cm³/mol. The van der Waals surface area contributed by atoms with E-state index in [1.165, 1.54) is 12.1 Å². The minimum absolute atomic E-state index is 0.187. The van der Waals surface area contributed by atoms with Crippen LogP contribution in [0, 0.1) is 11.7 Å². The fraction of sp³-hybridized carbons (Fsp3) is 0.611. The summed E-state index contributed by atoms with van der Waals surface area (Å²) in [7, 11) is 0. The molecule has 0 aliphatic carbocycles. The van der Waals surface area contributed by atoms with Gasteiger partial charge in [-0.05, 0) is 50.5 Å². The molecule has 1 amide bonds. The predicted octanol–water partition coefficient (Wildman–Crippen LogP) is 2.54. The third kappa shape index (κ3) is 4.02. The smallest absolute Gasteiger partial charge is 0.222 e. The maximum atomic E-state index is 12.9. The van der Waals surface area contributed by atoms with Crippen LogP contribution in [-0.2, 0) is 4.79 Å². The molecule has 2 fully saturated rings. The lowest BCUT2D eigenvalue weighted by molar-refractivity contribution is -0.137. The maximum Gasteiger partial charge on any atom is 0.222 e. The Balaban J connectivity index is 1.42. The summed E-state index contributed by atoms with van der Waals surface area (Å²) in [6.07, 6.45) is 1.85. The van der Waals surface area contributed by atoms with Crippen LogP contribution in [0.4, 0.5) is 4.39 Å². The Morgan fingerprint density at radius 3 is 2.57 bits per heavy atom. The monoisotopic (exact) mass is 320 g/mol. The van der Waals surface area contributed by atoms with Crippen LogP contribution in [0.3, 0.4) is 0 Å². The second kappa shape index (κ2) is 6.87. The first kappa shape index (κ1) is 16.2. The summed E-state index contributed by atoms with van der Waals surface area (Å²) in [5.74, 6) is 1.33. The fourth-order valence-electron chi connectivity index (χ4n) is 3.41. The lowest BCUT2D eigenvalue weighted by Gasteiger charge is -2.43. The SMILES string of the molecule is CC(C)N1CC(CN2CC(Oc3ccc(F)cc3)C2)CCC1=O. The van der Waals surface area contributed by atoms with Crippen LogP contribution in [0.25, 0.3) is 0 Å². The van der Waals surface area contributed by atoms with E-state index >= 15 is 0 Å². The number of hydrogen-bond donors (Lipinski definition) is 0. The maximum absolute atomic E-state index is 12.9. The van der Waals surface area contributed by atoms with E-state index in [1.807, 2.05) is 4.90 Å². The van der Waals surface area contributed by atoms with Gasteiger partial charge < -0.3 is 9.64 Å². The molecule has 23 heavy (non-hydrogen) atoms. The number of nitrogens with zero attached hydrogens (tertiary/aromatic N) is 2. The van der Waals surface area contributed by atoms with Crippen LogP contribution in [0.15, 0.2) is 24.3 Å². The molecule has 2 aliphatic heterocycles. The Labute approximate surface area is 137 Å². The number of rotatable bonds is 5. The van der Waals surface area contributed by atoms with Crippen molar-refractivity contribution < 1.29 is 13.9 Å². The zero-order valence-electron chi connectivity index (χ0n) is 13.9. The molecule has 0 aromatic heterocycles. The van der Waals surface area contributed by atoms with E-state index in [9.17, 15) is 9.18 Å². The summed E-state index contributed by atoms with van der Waals surface area (Å²) >= 11 is 0. The molecule has 1 aromatic carbocycles. The molecule has 3 rings (SSSR count). The number of likely N-dealkylation sites (tertiary alicyclic amines) is 2. The van der Waals surface area contributed by atoms with Gasteiger partial charge in [0.15, 0.2) is 0 Å². The summed E-state index contributed by atoms with van der Waals surface area (Å²) < 4.78 is 18.7. The number of piperidine rings is 1. The van der Waals surface area contributed by atoms with Gasteiger partial charge in [-0.3, -0.25) is 9.69 Å². The highest BCUT2D eigenvalue weighted by Crippen LogP contribution is 2.24. The molecule has 0 bridgehead atoms. The molecule has 5 heteroatoms. The van der Waals surface area contributed by atoms with E-state index in [0.29, 0.717) is 12.3 Å². The number of carbonyl (C=O) groups excluding carboxylic acids is 1. The number of ether oxygens (including phenoxy) is 1. The Morgan fingerprint density at radius 1 is 1.22 bits per heavy atom. The van der Waals surface area contributed by atoms with Crippen molar-refractivity contribution in [3.63, 3.8) is 0 Å². The summed E-state index contributed by atoms with van der Waals surface area (Å²) in [5, 5.41) is 0. The molecule has 0 radical (unpaired) electrons. The molecular formula is C18H25FN2O2. The van der Waals surface area contributed by atoms with Crippen molar-refractivity contribution in [2.45, 2.75) is 38.8 Å². The topological polar surface area (TPSA) is 32.8 Å². The van der Waals surface area contributed by atoms with Gasteiger partial charge in [-0.1, -0.05) is 0 Å². The van der Waals surface area contributed by atoms with Gasteiger partial charge in [0.1, 0.15) is 17.7 Å². The van der Waals surface area contributed by atoms with Crippen molar-refractivity contribution in [2.24, 2.45) is 5.92 Å². The zero-order chi connectivity index (χ0) is 16.4. The third-order valence-corrected chi connectivity index (χ3v) is 4.72. The molecule has 1 atom stereocenters. The number of amides is 1. The molecular weight excluding hydrogens is 295 g/mol. The zero-order valence-corrected chi connectivity index (χ0v) is 13.9. The van der Waals surface area contributed by atoms with Crippen LogP contribution in [0.2, 0.25) is 0 Å². The number of hydrogen-bond acceptors (Lipinski definition) is 3. The van der Waals surface area contributed by atoms with Gasteiger partial charge >= 0.3 is 0 Å². The fourth-order valence-corrected chi connectivity index (χ4v) is 3.41. The second-order valence-electron chi connectivity index (χ2n) is 6.96. The quantitative estimate of drug-likeness (QED) is 0.836. The van der Waals surface area contributed by atoms with Gasteiger partial charge in [-0.2, -0.15) is 0 Å². The highest BCUT2D eigenvalue weighted by atomic mass is 19.1. The molecule has 1 unspecified atom stereocenters. The highest BCUT2D eigenvalue weighted by Gasteiger charge is 2.33. The van der Waals surface area contributed by atoms with E-state index in [0.717, 1.165) is 38.3 Å². The number of halogens is 1. The van der Waals surface area contributed by atoms with Crippen LogP contribution in [0.1, 0.15) is 26.7 Å². The van der Waals surface area contributed by atoms with Gasteiger partial charge in [0.25, 0.3) is 0 Å². The van der Waals surface area contributed by atoms with Gasteiger partial charge in [-0.15, -0.1) is 0 Å². The first-order valence-corrected chi connectivity index (χ1v) is 8.45. The van der Waals surface area contributed by atoms with E-state index in [2.05, 4.69) is 18.7 Å². The first-order chi connectivity index (χ1) is 11.0. The van der Waals surface area contributed by atoms with Crippen LogP contribution < -0.4 is 4.74 Å². The van der Waals surface area contributed by atoms with Crippen molar-refractivity contribution in [3.05, 3.63) is 30.1 Å². The number of benzene rings is 1. The highest BCUT2D eigenvalue weighted by molar-refractivity contribution is 5.77. The standard InChI is InChI=1S/C18H25FN2O2/c1-13(2)21-10-14(3-8-18(21)22)9-20-11-17(12-20)23-16-6-4-15(19)5-7-16/h4-7,13-14,17H,3,8-12H2,1-2H3. The minimum Gasteiger partial charge on any atom is -0.488 e. The number of carbonyl (C=O) groups is 1. The minimum atomic E-state index is -0.242. The largest absolute Gasteiger partial charge is 0.488 e. The molecule has 126 valence electrons. The Bertz CT molecular complexity index is 540. The van der Waals surface area contributed by atoms with Crippen molar-refractivity contribution in [1.82, 2.24) is 9.80 Å². The molecule has 2 saturated heterocycles. The van der Waals surface area contributed by atoms with Gasteiger partial charge in [0.2, 0.25) is 5.91 Å². The Kier molecular flexibility index (Phi) is 4.85. The van der Waals surface area contributed by atoms with Crippen molar-refractivity contribution in [3.8, 4) is 5.75 Å². The van der Waals surface area contributed by atoms with Crippen LogP contribution >= 0.6 is 0 Å². The Morgan fingerprint density at radius 2 is 1.91 bits per heavy atom. The van der Waals surface area contributed by atoms with Crippen LogP contribution in [0.5, 0.6) is 5.75 Å². The lowest BCUT2D eigenvalue weighted by Crippen LogP contribution is -2.56. The Hall–Kier alpha value is -1.62. The normalized spacial score (nSPS) is 23.2. The summed E-state index contributed by atoms with van der Waals surface area (Å²) in [6, 6.07) is 6.48. The van der Waals surface area contributed by atoms with Crippen molar-refractivity contribution in [1.29, 1.82) is 0 Å². The average molecular weight is 320 g/mol. The molecule has 0 saturated carbocycles. The summed E-state index contributed by atoms with van der Waals surface area (Å²) in [4.78, 5) is 16.3. The lowest BCUT2D eigenvalue weighted by atomic mass is 9.94. The van der Waals surface area contributed by atoms with Crippen molar-refractivity contribution >= 4 is 5.91 Å². The van der Waals surface area contributed by atoms with E-state index < -0.39 is 0 Å². The molecule has 1 aromatic rings. The van der Waals surface area contributed by atoms with E-state index in [4.69, 9.17) is 4.74 Å². The first-order valence-electron chi connectivity index (χ1n) is 8.45. The summed E-state index contributed by atoms with van der Waals surface area (Å²) in [5.41, 5.74) is 0. The molecule has 0 N–H and O–H groups in total. The molecule has 4 nitrogen and oxygen atoms in total. The third-order valence-electron chi connectivity index (χ3n) is 4.72. The van der Waals surface area contributed by atoms with Gasteiger partial charge in [0.05, 0.1) is 0 Å².